The van der Waals surface area contributed by atoms with Gasteiger partial charge in [-0.25, -0.2) is 14.6 Å². The van der Waals surface area contributed by atoms with Gasteiger partial charge in [-0.2, -0.15) is 5.10 Å². The first-order valence-corrected chi connectivity index (χ1v) is 10.0. The Bertz CT molecular complexity index is 906. The molecule has 1 fully saturated rings. The Hall–Kier alpha value is -2.67. The quantitative estimate of drug-likeness (QED) is 0.708. The molecule has 1 N–H and O–H groups in total. The summed E-state index contributed by atoms with van der Waals surface area (Å²) >= 11 is 1.73. The molecule has 27 heavy (non-hydrogen) atoms. The Kier molecular flexibility index (Phi) is 5.48. The van der Waals surface area contributed by atoms with Gasteiger partial charge in [0.25, 0.3) is 5.91 Å². The van der Waals surface area contributed by atoms with Crippen LogP contribution >= 0.6 is 11.8 Å². The molecule has 0 aromatic carbocycles. The molecule has 6 nitrogen and oxygen atoms in total. The van der Waals surface area contributed by atoms with Gasteiger partial charge in [0.05, 0.1) is 5.56 Å². The molecular weight excluding hydrogens is 358 g/mol. The van der Waals surface area contributed by atoms with Crippen molar-refractivity contribution in [1.29, 1.82) is 0 Å². The predicted octanol–water partition coefficient (Wildman–Crippen LogP) is 3.63. The number of nitrogens with zero attached hydrogens (tertiary/aromatic N) is 4. The van der Waals surface area contributed by atoms with Gasteiger partial charge >= 0.3 is 0 Å². The SMILES string of the molecule is O=C(NCc1cccnc1-n1cccn1)c1cccnc1SC1CCCC1. The summed E-state index contributed by atoms with van der Waals surface area (Å²) in [7, 11) is 0. The molecule has 3 aromatic rings. The first-order chi connectivity index (χ1) is 13.3. The van der Waals surface area contributed by atoms with Crippen LogP contribution in [0.1, 0.15) is 41.6 Å². The fourth-order valence-corrected chi connectivity index (χ4v) is 4.56. The third kappa shape index (κ3) is 4.19. The smallest absolute Gasteiger partial charge is 0.254 e. The standard InChI is InChI=1S/C20H21N5OS/c26-19(17-9-4-11-22-20(17)27-16-7-1-2-8-16)23-14-15-6-3-10-21-18(15)25-13-5-12-24-25/h3-6,9-13,16H,1-2,7-8,14H2,(H,23,26). The van der Waals surface area contributed by atoms with E-state index in [1.54, 1.807) is 35.0 Å². The van der Waals surface area contributed by atoms with Gasteiger partial charge in [0, 0.05) is 42.1 Å². The van der Waals surface area contributed by atoms with Crippen LogP contribution in [0.15, 0.2) is 60.1 Å². The van der Waals surface area contributed by atoms with E-state index in [2.05, 4.69) is 20.4 Å². The molecule has 0 bridgehead atoms. The summed E-state index contributed by atoms with van der Waals surface area (Å²) in [4.78, 5) is 21.6. The van der Waals surface area contributed by atoms with E-state index in [4.69, 9.17) is 0 Å². The second-order valence-electron chi connectivity index (χ2n) is 6.50. The average Bonchev–Trinajstić information content (AvgIpc) is 3.41. The molecule has 1 aliphatic carbocycles. The Balaban J connectivity index is 1.48. The molecule has 0 aliphatic heterocycles. The minimum atomic E-state index is -0.112. The number of pyridine rings is 2. The highest BCUT2D eigenvalue weighted by atomic mass is 32.2. The molecule has 7 heteroatoms. The summed E-state index contributed by atoms with van der Waals surface area (Å²) in [6, 6.07) is 9.31. The summed E-state index contributed by atoms with van der Waals surface area (Å²) in [6.45, 7) is 0.379. The van der Waals surface area contributed by atoms with Gasteiger partial charge in [0.15, 0.2) is 5.82 Å². The second-order valence-corrected chi connectivity index (χ2v) is 7.79. The molecule has 1 amide bonds. The van der Waals surface area contributed by atoms with Gasteiger partial charge in [-0.1, -0.05) is 18.9 Å². The van der Waals surface area contributed by atoms with Crippen molar-refractivity contribution in [2.24, 2.45) is 0 Å². The van der Waals surface area contributed by atoms with Gasteiger partial charge in [-0.15, -0.1) is 11.8 Å². The number of hydrogen-bond acceptors (Lipinski definition) is 5. The Morgan fingerprint density at radius 3 is 2.74 bits per heavy atom. The minimum Gasteiger partial charge on any atom is -0.348 e. The fraction of sp³-hybridized carbons (Fsp3) is 0.300. The Morgan fingerprint density at radius 2 is 1.93 bits per heavy atom. The molecule has 4 rings (SSSR count). The van der Waals surface area contributed by atoms with Gasteiger partial charge in [0.2, 0.25) is 0 Å². The maximum Gasteiger partial charge on any atom is 0.254 e. The van der Waals surface area contributed by atoms with E-state index in [9.17, 15) is 4.79 Å². The van der Waals surface area contributed by atoms with Crippen LogP contribution in [0.2, 0.25) is 0 Å². The van der Waals surface area contributed by atoms with Crippen molar-refractivity contribution in [3.05, 3.63) is 66.2 Å². The maximum absolute atomic E-state index is 12.8. The first kappa shape index (κ1) is 17.7. The molecule has 3 heterocycles. The third-order valence-corrected chi connectivity index (χ3v) is 5.98. The third-order valence-electron chi connectivity index (χ3n) is 4.62. The molecule has 0 atom stereocenters. The maximum atomic E-state index is 12.8. The van der Waals surface area contributed by atoms with E-state index in [0.29, 0.717) is 17.4 Å². The molecule has 1 aliphatic rings. The number of rotatable bonds is 6. The van der Waals surface area contributed by atoms with E-state index < -0.39 is 0 Å². The van der Waals surface area contributed by atoms with Crippen LogP contribution in [-0.2, 0) is 6.54 Å². The molecule has 138 valence electrons. The number of amides is 1. The number of aromatic nitrogens is 4. The number of thioether (sulfide) groups is 1. The summed E-state index contributed by atoms with van der Waals surface area (Å²) in [6.07, 6.45) is 12.0. The molecule has 0 radical (unpaired) electrons. The van der Waals surface area contributed by atoms with Crippen LogP contribution in [0.3, 0.4) is 0 Å². The van der Waals surface area contributed by atoms with Crippen molar-refractivity contribution in [3.8, 4) is 5.82 Å². The van der Waals surface area contributed by atoms with Crippen LogP contribution in [0.4, 0.5) is 0 Å². The lowest BCUT2D eigenvalue weighted by Crippen LogP contribution is -2.24. The van der Waals surface area contributed by atoms with Crippen LogP contribution in [0.25, 0.3) is 5.82 Å². The lowest BCUT2D eigenvalue weighted by atomic mass is 10.2. The lowest BCUT2D eigenvalue weighted by molar-refractivity contribution is 0.0947. The molecule has 3 aromatic heterocycles. The van der Waals surface area contributed by atoms with Crippen molar-refractivity contribution in [3.63, 3.8) is 0 Å². The Labute approximate surface area is 162 Å². The molecule has 0 spiro atoms. The van der Waals surface area contributed by atoms with E-state index >= 15 is 0 Å². The average molecular weight is 379 g/mol. The topological polar surface area (TPSA) is 72.7 Å². The molecule has 0 saturated heterocycles. The fourth-order valence-electron chi connectivity index (χ4n) is 3.26. The summed E-state index contributed by atoms with van der Waals surface area (Å²) < 4.78 is 1.70. The highest BCUT2D eigenvalue weighted by Gasteiger charge is 2.20. The molecule has 0 unspecified atom stereocenters. The van der Waals surface area contributed by atoms with Crippen LogP contribution in [0.5, 0.6) is 0 Å². The van der Waals surface area contributed by atoms with Gasteiger partial charge in [-0.3, -0.25) is 4.79 Å². The summed E-state index contributed by atoms with van der Waals surface area (Å²) in [5, 5.41) is 8.63. The predicted molar refractivity (Wildman–Crippen MR) is 105 cm³/mol. The molecular formula is C20H21N5OS. The minimum absolute atomic E-state index is 0.112. The van der Waals surface area contributed by atoms with E-state index in [0.717, 1.165) is 16.4 Å². The zero-order chi connectivity index (χ0) is 18.5. The number of carbonyl (C=O) groups excluding carboxylic acids is 1. The summed E-state index contributed by atoms with van der Waals surface area (Å²) in [5.41, 5.74) is 1.54. The second kappa shape index (κ2) is 8.35. The normalized spacial score (nSPS) is 14.4. The van der Waals surface area contributed by atoms with E-state index in [1.807, 2.05) is 36.5 Å². The number of carbonyl (C=O) groups is 1. The van der Waals surface area contributed by atoms with E-state index in [1.165, 1.54) is 25.7 Å². The number of hydrogen-bond donors (Lipinski definition) is 1. The van der Waals surface area contributed by atoms with Crippen molar-refractivity contribution in [2.75, 3.05) is 0 Å². The van der Waals surface area contributed by atoms with Crippen LogP contribution < -0.4 is 5.32 Å². The van der Waals surface area contributed by atoms with Crippen molar-refractivity contribution in [1.82, 2.24) is 25.1 Å². The monoisotopic (exact) mass is 379 g/mol. The van der Waals surface area contributed by atoms with Crippen molar-refractivity contribution in [2.45, 2.75) is 42.5 Å². The van der Waals surface area contributed by atoms with Gasteiger partial charge < -0.3 is 5.32 Å². The largest absolute Gasteiger partial charge is 0.348 e. The highest BCUT2D eigenvalue weighted by Crippen LogP contribution is 2.35. The van der Waals surface area contributed by atoms with Crippen LogP contribution in [-0.4, -0.2) is 30.9 Å². The summed E-state index contributed by atoms with van der Waals surface area (Å²) in [5.74, 6) is 0.605. The van der Waals surface area contributed by atoms with Gasteiger partial charge in [-0.05, 0) is 37.1 Å². The van der Waals surface area contributed by atoms with Crippen molar-refractivity contribution < 1.29 is 4.79 Å². The van der Waals surface area contributed by atoms with Crippen molar-refractivity contribution >= 4 is 17.7 Å². The van der Waals surface area contributed by atoms with Crippen LogP contribution in [0, 0.1) is 0 Å². The molecule has 1 saturated carbocycles. The number of nitrogens with one attached hydrogen (secondary N) is 1. The zero-order valence-electron chi connectivity index (χ0n) is 14.9. The van der Waals surface area contributed by atoms with E-state index in [-0.39, 0.29) is 5.91 Å². The Morgan fingerprint density at radius 1 is 1.11 bits per heavy atom. The lowest BCUT2D eigenvalue weighted by Gasteiger charge is -2.13. The first-order valence-electron chi connectivity index (χ1n) is 9.15. The highest BCUT2D eigenvalue weighted by molar-refractivity contribution is 7.99. The zero-order valence-corrected chi connectivity index (χ0v) is 15.7. The van der Waals surface area contributed by atoms with Gasteiger partial charge in [0.1, 0.15) is 5.03 Å².